The Balaban J connectivity index is 2.06. The zero-order valence-electron chi connectivity index (χ0n) is 20.1. The summed E-state index contributed by atoms with van der Waals surface area (Å²) in [7, 11) is 3.05. The SMILES string of the molecule is COCOc1cc(OC)cc2c1C(=O)O[C@@H](C)[C@H](C)/C=C\C(O)C1OC(C)(C)OC1CC=C2. The lowest BCUT2D eigenvalue weighted by Gasteiger charge is -2.23. The number of carbonyl (C=O) groups is 1. The Bertz CT molecular complexity index is 891. The molecule has 0 aliphatic carbocycles. The van der Waals surface area contributed by atoms with Crippen molar-refractivity contribution in [3.63, 3.8) is 0 Å². The van der Waals surface area contributed by atoms with Crippen molar-refractivity contribution >= 4 is 12.0 Å². The normalized spacial score (nSPS) is 30.5. The number of aliphatic hydroxyl groups is 1. The lowest BCUT2D eigenvalue weighted by Crippen LogP contribution is -2.34. The van der Waals surface area contributed by atoms with Crippen LogP contribution in [0.5, 0.6) is 11.5 Å². The van der Waals surface area contributed by atoms with Gasteiger partial charge in [-0.2, -0.15) is 0 Å². The second-order valence-corrected chi connectivity index (χ2v) is 8.76. The van der Waals surface area contributed by atoms with E-state index in [1.165, 1.54) is 7.11 Å². The molecule has 0 saturated carbocycles. The number of benzene rings is 1. The Kier molecular flexibility index (Phi) is 8.18. The Morgan fingerprint density at radius 1 is 1.15 bits per heavy atom. The predicted molar refractivity (Wildman–Crippen MR) is 122 cm³/mol. The number of rotatable bonds is 4. The molecule has 2 aliphatic heterocycles. The van der Waals surface area contributed by atoms with Gasteiger partial charge in [0.15, 0.2) is 12.6 Å². The minimum Gasteiger partial charge on any atom is -0.497 e. The maximum absolute atomic E-state index is 13.2. The molecule has 3 unspecified atom stereocenters. The van der Waals surface area contributed by atoms with Crippen LogP contribution in [0, 0.1) is 5.92 Å². The average molecular weight is 463 g/mol. The molecule has 5 atom stereocenters. The Hall–Kier alpha value is -2.39. The predicted octanol–water partition coefficient (Wildman–Crippen LogP) is 3.71. The summed E-state index contributed by atoms with van der Waals surface area (Å²) in [4.78, 5) is 13.2. The molecular formula is C25H34O8. The van der Waals surface area contributed by atoms with E-state index in [1.54, 1.807) is 38.3 Å². The molecule has 182 valence electrons. The van der Waals surface area contributed by atoms with E-state index in [0.29, 0.717) is 23.5 Å². The summed E-state index contributed by atoms with van der Waals surface area (Å²) in [6.07, 6.45) is 5.44. The molecule has 1 fully saturated rings. The van der Waals surface area contributed by atoms with E-state index in [1.807, 2.05) is 32.9 Å². The fraction of sp³-hybridized carbons (Fsp3) is 0.560. The smallest absolute Gasteiger partial charge is 0.342 e. The summed E-state index contributed by atoms with van der Waals surface area (Å²) < 4.78 is 33.9. The topological polar surface area (TPSA) is 92.7 Å². The van der Waals surface area contributed by atoms with E-state index in [9.17, 15) is 9.90 Å². The van der Waals surface area contributed by atoms with E-state index in [-0.39, 0.29) is 24.4 Å². The highest BCUT2D eigenvalue weighted by molar-refractivity contribution is 5.97. The van der Waals surface area contributed by atoms with Crippen molar-refractivity contribution in [3.8, 4) is 11.5 Å². The molecule has 2 heterocycles. The number of hydrogen-bond acceptors (Lipinski definition) is 8. The first-order valence-corrected chi connectivity index (χ1v) is 11.1. The van der Waals surface area contributed by atoms with Crippen LogP contribution in [-0.2, 0) is 18.9 Å². The first kappa shape index (κ1) is 25.2. The third kappa shape index (κ3) is 6.14. The first-order chi connectivity index (χ1) is 15.6. The maximum atomic E-state index is 13.2. The van der Waals surface area contributed by atoms with Crippen molar-refractivity contribution in [1.29, 1.82) is 0 Å². The molecule has 0 spiro atoms. The second kappa shape index (κ2) is 10.7. The molecule has 0 aromatic heterocycles. The van der Waals surface area contributed by atoms with Gasteiger partial charge in [-0.25, -0.2) is 4.79 Å². The average Bonchev–Trinajstić information content (AvgIpc) is 3.08. The minimum atomic E-state index is -0.861. The number of methoxy groups -OCH3 is 2. The number of aliphatic hydroxyl groups excluding tert-OH is 1. The first-order valence-electron chi connectivity index (χ1n) is 11.1. The molecule has 8 heteroatoms. The Labute approximate surface area is 195 Å². The van der Waals surface area contributed by atoms with Crippen molar-refractivity contribution in [1.82, 2.24) is 0 Å². The third-order valence-corrected chi connectivity index (χ3v) is 5.75. The van der Waals surface area contributed by atoms with Gasteiger partial charge < -0.3 is 33.5 Å². The molecule has 0 amide bonds. The van der Waals surface area contributed by atoms with Gasteiger partial charge in [-0.05, 0) is 38.8 Å². The molecule has 3 rings (SSSR count). The lowest BCUT2D eigenvalue weighted by atomic mass is 9.99. The van der Waals surface area contributed by atoms with Crippen molar-refractivity contribution < 1.29 is 38.3 Å². The van der Waals surface area contributed by atoms with Gasteiger partial charge in [0.1, 0.15) is 35.4 Å². The number of carbonyl (C=O) groups excluding carboxylic acids is 1. The molecule has 1 N–H and O–H groups in total. The monoisotopic (exact) mass is 462 g/mol. The van der Waals surface area contributed by atoms with Crippen LogP contribution in [0.3, 0.4) is 0 Å². The van der Waals surface area contributed by atoms with Gasteiger partial charge in [-0.15, -0.1) is 0 Å². The summed E-state index contributed by atoms with van der Waals surface area (Å²) in [6, 6.07) is 3.38. The fourth-order valence-electron chi connectivity index (χ4n) is 3.87. The van der Waals surface area contributed by atoms with Crippen LogP contribution >= 0.6 is 0 Å². The number of esters is 1. The number of fused-ring (bicyclic) bond motifs is 2. The zero-order valence-corrected chi connectivity index (χ0v) is 20.1. The highest BCUT2D eigenvalue weighted by Gasteiger charge is 2.43. The number of cyclic esters (lactones) is 1. The van der Waals surface area contributed by atoms with Gasteiger partial charge in [0.2, 0.25) is 0 Å². The van der Waals surface area contributed by atoms with Crippen molar-refractivity contribution in [2.75, 3.05) is 21.0 Å². The van der Waals surface area contributed by atoms with Crippen LogP contribution in [0.2, 0.25) is 0 Å². The van der Waals surface area contributed by atoms with E-state index in [2.05, 4.69) is 0 Å². The lowest BCUT2D eigenvalue weighted by molar-refractivity contribution is -0.152. The van der Waals surface area contributed by atoms with Gasteiger partial charge in [-0.3, -0.25) is 0 Å². The molecule has 1 aromatic rings. The van der Waals surface area contributed by atoms with Crippen molar-refractivity contribution in [2.24, 2.45) is 5.92 Å². The minimum absolute atomic E-state index is 0.0345. The second-order valence-electron chi connectivity index (χ2n) is 8.76. The van der Waals surface area contributed by atoms with Crippen molar-refractivity contribution in [3.05, 3.63) is 41.5 Å². The summed E-state index contributed by atoms with van der Waals surface area (Å²) in [5.74, 6) is -0.656. The van der Waals surface area contributed by atoms with Gasteiger partial charge in [0, 0.05) is 19.1 Å². The molecule has 33 heavy (non-hydrogen) atoms. The maximum Gasteiger partial charge on any atom is 0.342 e. The van der Waals surface area contributed by atoms with Crippen molar-refractivity contribution in [2.45, 2.75) is 64.3 Å². The molecule has 1 aromatic carbocycles. The molecule has 0 bridgehead atoms. The van der Waals surface area contributed by atoms with Crippen LogP contribution in [0.1, 0.15) is 50.0 Å². The molecule has 1 saturated heterocycles. The quantitative estimate of drug-likeness (QED) is 0.411. The van der Waals surface area contributed by atoms with Crippen LogP contribution in [0.4, 0.5) is 0 Å². The number of hydrogen-bond donors (Lipinski definition) is 1. The van der Waals surface area contributed by atoms with E-state index in [4.69, 9.17) is 28.4 Å². The van der Waals surface area contributed by atoms with Crippen LogP contribution in [-0.4, -0.2) is 62.3 Å². The van der Waals surface area contributed by atoms with E-state index >= 15 is 0 Å². The van der Waals surface area contributed by atoms with E-state index in [0.717, 1.165) is 0 Å². The third-order valence-electron chi connectivity index (χ3n) is 5.75. The molecule has 2 aliphatic rings. The Morgan fingerprint density at radius 2 is 1.91 bits per heavy atom. The molecule has 0 radical (unpaired) electrons. The fourth-order valence-corrected chi connectivity index (χ4v) is 3.87. The number of ether oxygens (including phenoxy) is 6. The van der Waals surface area contributed by atoms with Crippen LogP contribution < -0.4 is 9.47 Å². The summed E-state index contributed by atoms with van der Waals surface area (Å²) in [5, 5.41) is 10.8. The highest BCUT2D eigenvalue weighted by atomic mass is 16.8. The van der Waals surface area contributed by atoms with Gasteiger partial charge in [0.25, 0.3) is 0 Å². The van der Waals surface area contributed by atoms with E-state index < -0.39 is 30.1 Å². The summed E-state index contributed by atoms with van der Waals surface area (Å²) in [6.45, 7) is 7.34. The van der Waals surface area contributed by atoms with Crippen LogP contribution in [0.15, 0.2) is 30.4 Å². The Morgan fingerprint density at radius 3 is 2.61 bits per heavy atom. The largest absolute Gasteiger partial charge is 0.497 e. The standard InChI is InChI=1S/C25H34O8/c1-15-10-11-19(26)23-20(32-25(3,4)33-23)9-7-8-17-12-18(29-6)13-21(30-14-28-5)22(17)24(27)31-16(15)2/h7-8,10-13,15-16,19-20,23,26H,9,14H2,1-6H3/b8-7?,11-10-/t15-,16+,19?,20?,23?/m1/s1. The summed E-state index contributed by atoms with van der Waals surface area (Å²) in [5.41, 5.74) is 0.859. The van der Waals surface area contributed by atoms with Gasteiger partial charge in [0.05, 0.1) is 13.2 Å². The molecule has 8 nitrogen and oxygen atoms in total. The van der Waals surface area contributed by atoms with Gasteiger partial charge in [-0.1, -0.05) is 31.2 Å². The zero-order chi connectivity index (χ0) is 24.2. The summed E-state index contributed by atoms with van der Waals surface area (Å²) >= 11 is 0. The molecular weight excluding hydrogens is 428 g/mol. The van der Waals surface area contributed by atoms with Gasteiger partial charge >= 0.3 is 5.97 Å². The van der Waals surface area contributed by atoms with Crippen LogP contribution in [0.25, 0.3) is 6.08 Å². The highest BCUT2D eigenvalue weighted by Crippen LogP contribution is 2.35.